The topological polar surface area (TPSA) is 79.0 Å². The molecule has 2 fully saturated rings. The first-order valence-electron chi connectivity index (χ1n) is 9.01. The number of sulfonamides is 1. The van der Waals surface area contributed by atoms with Gasteiger partial charge in [0.05, 0.1) is 24.9 Å². The van der Waals surface area contributed by atoms with Crippen molar-refractivity contribution in [1.82, 2.24) is 14.5 Å². The summed E-state index contributed by atoms with van der Waals surface area (Å²) in [5.41, 5.74) is 0. The smallest absolute Gasteiger partial charge is 0.224 e. The van der Waals surface area contributed by atoms with Crippen LogP contribution < -0.4 is 5.32 Å². The van der Waals surface area contributed by atoms with Gasteiger partial charge in [0.1, 0.15) is 0 Å². The van der Waals surface area contributed by atoms with Crippen LogP contribution in [0.3, 0.4) is 0 Å². The Morgan fingerprint density at radius 2 is 2.00 bits per heavy atom. The average Bonchev–Trinajstić information content (AvgIpc) is 2.60. The molecule has 2 aliphatic rings. The molecule has 7 nitrogen and oxygen atoms in total. The monoisotopic (exact) mass is 361 g/mol. The first kappa shape index (κ1) is 19.6. The Morgan fingerprint density at radius 1 is 1.29 bits per heavy atom. The number of morpholine rings is 1. The van der Waals surface area contributed by atoms with Crippen LogP contribution in [0.1, 0.15) is 33.1 Å². The van der Waals surface area contributed by atoms with Crippen LogP contribution in [-0.4, -0.2) is 81.3 Å². The first-order chi connectivity index (χ1) is 11.4. The number of nitrogens with zero attached hydrogens (tertiary/aromatic N) is 2. The molecule has 24 heavy (non-hydrogen) atoms. The zero-order valence-corrected chi connectivity index (χ0v) is 15.7. The normalized spacial score (nSPS) is 25.3. The van der Waals surface area contributed by atoms with Gasteiger partial charge in [-0.15, -0.1) is 0 Å². The number of piperidine rings is 1. The van der Waals surface area contributed by atoms with Gasteiger partial charge in [-0.05, 0) is 26.2 Å². The van der Waals surface area contributed by atoms with Gasteiger partial charge >= 0.3 is 0 Å². The SMILES string of the molecule is CCCS(=O)(=O)N1CCCC(C(=O)NCC(C)N2CCOCC2)C1. The maximum atomic E-state index is 12.4. The number of amides is 1. The molecule has 1 amide bonds. The fraction of sp³-hybridized carbons (Fsp3) is 0.938. The van der Waals surface area contributed by atoms with Crippen LogP contribution >= 0.6 is 0 Å². The number of nitrogens with one attached hydrogen (secondary N) is 1. The molecule has 0 radical (unpaired) electrons. The fourth-order valence-electron chi connectivity index (χ4n) is 3.34. The lowest BCUT2D eigenvalue weighted by Gasteiger charge is -2.34. The predicted octanol–water partition coefficient (Wildman–Crippen LogP) is 0.275. The number of ether oxygens (including phenoxy) is 1. The van der Waals surface area contributed by atoms with Crippen molar-refractivity contribution >= 4 is 15.9 Å². The molecule has 2 unspecified atom stereocenters. The summed E-state index contributed by atoms with van der Waals surface area (Å²) in [5, 5.41) is 3.01. The van der Waals surface area contributed by atoms with E-state index < -0.39 is 10.0 Å². The molecule has 0 saturated carbocycles. The number of hydrogen-bond donors (Lipinski definition) is 1. The van der Waals surface area contributed by atoms with Gasteiger partial charge in [-0.3, -0.25) is 9.69 Å². The van der Waals surface area contributed by atoms with Gasteiger partial charge < -0.3 is 10.1 Å². The first-order valence-corrected chi connectivity index (χ1v) is 10.6. The molecule has 2 aliphatic heterocycles. The van der Waals surface area contributed by atoms with E-state index in [0.717, 1.165) is 39.1 Å². The van der Waals surface area contributed by atoms with Crippen LogP contribution in [0.15, 0.2) is 0 Å². The van der Waals surface area contributed by atoms with Gasteiger partial charge in [-0.25, -0.2) is 12.7 Å². The van der Waals surface area contributed by atoms with Crippen LogP contribution in [0.5, 0.6) is 0 Å². The number of carbonyl (C=O) groups is 1. The molecule has 0 aromatic carbocycles. The second-order valence-corrected chi connectivity index (χ2v) is 8.84. The van der Waals surface area contributed by atoms with Crippen molar-refractivity contribution in [1.29, 1.82) is 0 Å². The van der Waals surface area contributed by atoms with E-state index in [4.69, 9.17) is 4.74 Å². The van der Waals surface area contributed by atoms with E-state index in [1.807, 2.05) is 6.92 Å². The molecule has 2 rings (SSSR count). The third-order valence-corrected chi connectivity index (χ3v) is 6.89. The molecule has 0 spiro atoms. The number of hydrogen-bond acceptors (Lipinski definition) is 5. The van der Waals surface area contributed by atoms with Crippen molar-refractivity contribution in [2.24, 2.45) is 5.92 Å². The maximum absolute atomic E-state index is 12.4. The van der Waals surface area contributed by atoms with E-state index in [1.165, 1.54) is 4.31 Å². The summed E-state index contributed by atoms with van der Waals surface area (Å²) in [4.78, 5) is 14.7. The minimum absolute atomic E-state index is 0.0218. The largest absolute Gasteiger partial charge is 0.379 e. The molecular formula is C16H31N3O4S. The van der Waals surface area contributed by atoms with Crippen LogP contribution in [0.2, 0.25) is 0 Å². The third-order valence-electron chi connectivity index (χ3n) is 4.85. The van der Waals surface area contributed by atoms with E-state index in [0.29, 0.717) is 26.1 Å². The van der Waals surface area contributed by atoms with Gasteiger partial charge in [0.15, 0.2) is 0 Å². The molecule has 0 bridgehead atoms. The molecule has 0 aromatic heterocycles. The number of carbonyl (C=O) groups excluding carboxylic acids is 1. The molecule has 140 valence electrons. The molecule has 2 heterocycles. The Morgan fingerprint density at radius 3 is 2.67 bits per heavy atom. The van der Waals surface area contributed by atoms with Crippen LogP contribution in [-0.2, 0) is 19.6 Å². The van der Waals surface area contributed by atoms with Crippen LogP contribution in [0.4, 0.5) is 0 Å². The molecule has 8 heteroatoms. The summed E-state index contributed by atoms with van der Waals surface area (Å²) in [5.74, 6) is -0.0937. The Kier molecular flexibility index (Phi) is 7.46. The Bertz CT molecular complexity index is 505. The second kappa shape index (κ2) is 9.12. The lowest BCUT2D eigenvalue weighted by atomic mass is 9.99. The summed E-state index contributed by atoms with van der Waals surface area (Å²) in [6.07, 6.45) is 2.11. The fourth-order valence-corrected chi connectivity index (χ4v) is 4.92. The van der Waals surface area contributed by atoms with Crippen LogP contribution in [0, 0.1) is 5.92 Å². The highest BCUT2D eigenvalue weighted by Crippen LogP contribution is 2.20. The summed E-state index contributed by atoms with van der Waals surface area (Å²) in [7, 11) is -3.22. The minimum atomic E-state index is -3.22. The van der Waals surface area contributed by atoms with Gasteiger partial charge in [-0.1, -0.05) is 6.92 Å². The number of rotatable bonds is 7. The van der Waals surface area contributed by atoms with E-state index in [-0.39, 0.29) is 23.6 Å². The minimum Gasteiger partial charge on any atom is -0.379 e. The molecule has 1 N–H and O–H groups in total. The summed E-state index contributed by atoms with van der Waals surface area (Å²) in [6, 6.07) is 0.265. The van der Waals surface area contributed by atoms with Gasteiger partial charge in [0, 0.05) is 38.8 Å². The van der Waals surface area contributed by atoms with Crippen molar-refractivity contribution < 1.29 is 17.9 Å². The second-order valence-electron chi connectivity index (χ2n) is 6.76. The van der Waals surface area contributed by atoms with Crippen LogP contribution in [0.25, 0.3) is 0 Å². The third kappa shape index (κ3) is 5.40. The van der Waals surface area contributed by atoms with E-state index in [2.05, 4.69) is 17.1 Å². The maximum Gasteiger partial charge on any atom is 0.224 e. The average molecular weight is 362 g/mol. The van der Waals surface area contributed by atoms with Crippen molar-refractivity contribution in [3.63, 3.8) is 0 Å². The zero-order chi connectivity index (χ0) is 17.6. The van der Waals surface area contributed by atoms with Gasteiger partial charge in [-0.2, -0.15) is 0 Å². The summed E-state index contributed by atoms with van der Waals surface area (Å²) < 4.78 is 31.2. The molecule has 0 aromatic rings. The van der Waals surface area contributed by atoms with E-state index in [9.17, 15) is 13.2 Å². The zero-order valence-electron chi connectivity index (χ0n) is 14.9. The predicted molar refractivity (Wildman–Crippen MR) is 93.2 cm³/mol. The molecule has 0 aliphatic carbocycles. The summed E-state index contributed by atoms with van der Waals surface area (Å²) >= 11 is 0. The van der Waals surface area contributed by atoms with E-state index >= 15 is 0 Å². The quantitative estimate of drug-likeness (QED) is 0.704. The van der Waals surface area contributed by atoms with Crippen molar-refractivity contribution in [2.45, 2.75) is 39.2 Å². The standard InChI is InChI=1S/C16H31N3O4S/c1-3-11-24(21,22)19-6-4-5-15(13-19)16(20)17-12-14(2)18-7-9-23-10-8-18/h14-15H,3-13H2,1-2H3,(H,17,20). The highest BCUT2D eigenvalue weighted by Gasteiger charge is 2.32. The van der Waals surface area contributed by atoms with Crippen molar-refractivity contribution in [3.8, 4) is 0 Å². The molecule has 2 saturated heterocycles. The highest BCUT2D eigenvalue weighted by molar-refractivity contribution is 7.89. The Balaban J connectivity index is 1.81. The highest BCUT2D eigenvalue weighted by atomic mass is 32.2. The lowest BCUT2D eigenvalue weighted by molar-refractivity contribution is -0.126. The van der Waals surface area contributed by atoms with Crippen molar-refractivity contribution in [3.05, 3.63) is 0 Å². The van der Waals surface area contributed by atoms with E-state index in [1.54, 1.807) is 0 Å². The Hall–Kier alpha value is -0.700. The molecule has 2 atom stereocenters. The lowest BCUT2D eigenvalue weighted by Crippen LogP contribution is -2.50. The Labute approximate surface area is 145 Å². The molecular weight excluding hydrogens is 330 g/mol. The summed E-state index contributed by atoms with van der Waals surface area (Å²) in [6.45, 7) is 8.68. The van der Waals surface area contributed by atoms with Crippen molar-refractivity contribution in [2.75, 3.05) is 51.7 Å². The van der Waals surface area contributed by atoms with Gasteiger partial charge in [0.2, 0.25) is 15.9 Å². The van der Waals surface area contributed by atoms with Gasteiger partial charge in [0.25, 0.3) is 0 Å².